The molecule has 0 amide bonds. The van der Waals surface area contributed by atoms with Crippen molar-refractivity contribution in [2.24, 2.45) is 17.8 Å². The quantitative estimate of drug-likeness (QED) is 0.233. The van der Waals surface area contributed by atoms with Gasteiger partial charge in [-0.1, -0.05) is 92.9 Å². The van der Waals surface area contributed by atoms with E-state index < -0.39 is 7.53 Å². The van der Waals surface area contributed by atoms with Crippen LogP contribution in [0.4, 0.5) is 0 Å². The summed E-state index contributed by atoms with van der Waals surface area (Å²) in [7, 11) is 4.97. The van der Waals surface area contributed by atoms with Crippen LogP contribution in [0.1, 0.15) is 57.1 Å². The fourth-order valence-electron chi connectivity index (χ4n) is 4.07. The Morgan fingerprint density at radius 2 is 2.11 bits per heavy atom. The standard InChI is InChI=1S/C22H35O2P3/c1-4-5-6-10-19(24-27(25)26)11-12-20-17(3)14-22(23)21(20)15-18-9-7-8-16(2)13-18/h7-9,11-13,17,19-21H,4-6,10,14-15,25-26H2,1-3H3/b12-11+/t17-,19+,20+,21?/m1/s1. The summed E-state index contributed by atoms with van der Waals surface area (Å²) in [6, 6.07) is 8.57. The molecule has 0 bridgehead atoms. The first kappa shape index (κ1) is 23.2. The van der Waals surface area contributed by atoms with Crippen molar-refractivity contribution in [3.63, 3.8) is 0 Å². The monoisotopic (exact) mass is 424 g/mol. The Morgan fingerprint density at radius 1 is 1.33 bits per heavy atom. The fraction of sp³-hybridized carbons (Fsp3) is 0.591. The van der Waals surface area contributed by atoms with E-state index in [1.165, 1.54) is 30.4 Å². The van der Waals surface area contributed by atoms with Gasteiger partial charge in [-0.2, -0.15) is 0 Å². The molecule has 2 nitrogen and oxygen atoms in total. The maximum absolute atomic E-state index is 12.6. The first-order valence-electron chi connectivity index (χ1n) is 10.1. The number of allylic oxidation sites excluding steroid dienone is 1. The van der Waals surface area contributed by atoms with E-state index in [1.54, 1.807) is 0 Å². The molecule has 3 unspecified atom stereocenters. The van der Waals surface area contributed by atoms with Crippen LogP contribution in [0, 0.1) is 24.7 Å². The normalized spacial score (nSPS) is 24.2. The lowest BCUT2D eigenvalue weighted by Crippen LogP contribution is -2.18. The second-order valence-electron chi connectivity index (χ2n) is 7.91. The third kappa shape index (κ3) is 7.66. The van der Waals surface area contributed by atoms with Crippen molar-refractivity contribution in [2.75, 3.05) is 0 Å². The lowest BCUT2D eigenvalue weighted by Gasteiger charge is -2.21. The molecule has 2 rings (SSSR count). The molecule has 6 atom stereocenters. The molecule has 1 aliphatic carbocycles. The Labute approximate surface area is 171 Å². The topological polar surface area (TPSA) is 26.3 Å². The highest BCUT2D eigenvalue weighted by atomic mass is 32.4. The van der Waals surface area contributed by atoms with Gasteiger partial charge >= 0.3 is 0 Å². The first-order chi connectivity index (χ1) is 12.9. The molecule has 27 heavy (non-hydrogen) atoms. The first-order valence-corrected chi connectivity index (χ1v) is 14.6. The molecule has 1 aromatic rings. The van der Waals surface area contributed by atoms with Gasteiger partial charge in [-0.3, -0.25) is 4.79 Å². The Balaban J connectivity index is 2.08. The molecule has 1 aromatic carbocycles. The molecule has 5 heteroatoms. The molecular weight excluding hydrogens is 389 g/mol. The smallest absolute Gasteiger partial charge is 0.137 e. The van der Waals surface area contributed by atoms with Gasteiger partial charge in [0.25, 0.3) is 0 Å². The van der Waals surface area contributed by atoms with Gasteiger partial charge in [-0.05, 0) is 37.2 Å². The molecule has 0 radical (unpaired) electrons. The second-order valence-corrected chi connectivity index (χ2v) is 13.7. The van der Waals surface area contributed by atoms with Crippen LogP contribution in [0.2, 0.25) is 0 Å². The molecule has 0 heterocycles. The van der Waals surface area contributed by atoms with Gasteiger partial charge in [0.15, 0.2) is 0 Å². The van der Waals surface area contributed by atoms with Gasteiger partial charge in [-0.25, -0.2) is 0 Å². The molecule has 0 saturated heterocycles. The Morgan fingerprint density at radius 3 is 2.78 bits per heavy atom. The number of carbonyl (C=O) groups excluding carboxylic acids is 1. The molecule has 1 saturated carbocycles. The zero-order chi connectivity index (χ0) is 19.8. The van der Waals surface area contributed by atoms with Crippen LogP contribution in [0.15, 0.2) is 36.4 Å². The predicted molar refractivity (Wildman–Crippen MR) is 125 cm³/mol. The largest absolute Gasteiger partial charge is 0.344 e. The van der Waals surface area contributed by atoms with Crippen LogP contribution >= 0.6 is 25.4 Å². The van der Waals surface area contributed by atoms with Crippen molar-refractivity contribution in [3.05, 3.63) is 47.5 Å². The van der Waals surface area contributed by atoms with Crippen LogP contribution in [0.5, 0.6) is 0 Å². The number of carbonyl (C=O) groups is 1. The summed E-state index contributed by atoms with van der Waals surface area (Å²) in [6.07, 6.45) is 10.9. The lowest BCUT2D eigenvalue weighted by molar-refractivity contribution is -0.121. The molecule has 150 valence electrons. The van der Waals surface area contributed by atoms with Crippen molar-refractivity contribution in [2.45, 2.75) is 65.4 Å². The number of hydrogen-bond acceptors (Lipinski definition) is 2. The van der Waals surface area contributed by atoms with Crippen molar-refractivity contribution < 1.29 is 9.32 Å². The second kappa shape index (κ2) is 11.8. The van der Waals surface area contributed by atoms with E-state index in [0.717, 1.165) is 12.8 Å². The van der Waals surface area contributed by atoms with Crippen molar-refractivity contribution in [1.82, 2.24) is 0 Å². The third-order valence-corrected chi connectivity index (χ3v) is 6.74. The summed E-state index contributed by atoms with van der Waals surface area (Å²) in [5, 5.41) is 0. The number of Topliss-reactive ketones (excluding diaryl/α,β-unsaturated/α-hetero) is 1. The van der Waals surface area contributed by atoms with Crippen LogP contribution < -0.4 is 0 Å². The molecule has 0 aliphatic heterocycles. The summed E-state index contributed by atoms with van der Waals surface area (Å²) in [5.74, 6) is 1.24. The molecule has 0 spiro atoms. The van der Waals surface area contributed by atoms with Crippen molar-refractivity contribution in [3.8, 4) is 0 Å². The third-order valence-electron chi connectivity index (χ3n) is 5.49. The number of ketones is 1. The van der Waals surface area contributed by atoms with Crippen LogP contribution in [-0.4, -0.2) is 11.9 Å². The predicted octanol–water partition coefficient (Wildman–Crippen LogP) is 6.88. The van der Waals surface area contributed by atoms with Crippen LogP contribution in [-0.2, 0) is 15.7 Å². The molecular formula is C22H35O2P3. The summed E-state index contributed by atoms with van der Waals surface area (Å²) in [5.41, 5.74) is 2.53. The number of benzene rings is 1. The van der Waals surface area contributed by atoms with Gasteiger partial charge in [-0.15, -0.1) is 0 Å². The van der Waals surface area contributed by atoms with E-state index in [-0.39, 0.29) is 12.0 Å². The zero-order valence-electron chi connectivity index (χ0n) is 16.9. The number of unbranched alkanes of at least 4 members (excludes halogenated alkanes) is 2. The summed E-state index contributed by atoms with van der Waals surface area (Å²) >= 11 is 0. The van der Waals surface area contributed by atoms with Crippen LogP contribution in [0.25, 0.3) is 0 Å². The minimum Gasteiger partial charge on any atom is -0.344 e. The van der Waals surface area contributed by atoms with E-state index in [9.17, 15) is 4.79 Å². The van der Waals surface area contributed by atoms with E-state index in [2.05, 4.69) is 75.0 Å². The summed E-state index contributed by atoms with van der Waals surface area (Å²) in [4.78, 5) is 12.6. The van der Waals surface area contributed by atoms with Gasteiger partial charge in [0, 0.05) is 12.3 Å². The minimum atomic E-state index is -0.544. The van der Waals surface area contributed by atoms with E-state index in [0.29, 0.717) is 24.0 Å². The molecule has 1 aliphatic rings. The average Bonchev–Trinajstić information content (AvgIpc) is 2.85. The minimum absolute atomic E-state index is 0.0999. The molecule has 0 aromatic heterocycles. The van der Waals surface area contributed by atoms with E-state index >= 15 is 0 Å². The average molecular weight is 424 g/mol. The van der Waals surface area contributed by atoms with Gasteiger partial charge < -0.3 is 4.52 Å². The zero-order valence-corrected chi connectivity index (χ0v) is 20.1. The van der Waals surface area contributed by atoms with Gasteiger partial charge in [0.2, 0.25) is 0 Å². The van der Waals surface area contributed by atoms with E-state index in [4.69, 9.17) is 4.52 Å². The highest BCUT2D eigenvalue weighted by Crippen LogP contribution is 2.55. The number of hydrogen-bond donors (Lipinski definition) is 0. The fourth-order valence-corrected chi connectivity index (χ4v) is 5.50. The Bertz CT molecular complexity index is 630. The highest BCUT2D eigenvalue weighted by molar-refractivity contribution is 8.41. The maximum atomic E-state index is 12.6. The Hall–Kier alpha value is -0.120. The Kier molecular flexibility index (Phi) is 10.1. The van der Waals surface area contributed by atoms with Crippen LogP contribution in [0.3, 0.4) is 0 Å². The van der Waals surface area contributed by atoms with Gasteiger partial charge in [0.05, 0.1) is 13.6 Å². The maximum Gasteiger partial charge on any atom is 0.137 e. The van der Waals surface area contributed by atoms with Crippen molar-refractivity contribution >= 4 is 31.2 Å². The van der Waals surface area contributed by atoms with Gasteiger partial charge in [0.1, 0.15) is 5.78 Å². The highest BCUT2D eigenvalue weighted by Gasteiger charge is 2.38. The van der Waals surface area contributed by atoms with E-state index in [1.807, 2.05) is 0 Å². The summed E-state index contributed by atoms with van der Waals surface area (Å²) < 4.78 is 6.11. The number of aryl methyl sites for hydroxylation is 1. The molecule has 1 fully saturated rings. The number of rotatable bonds is 10. The summed E-state index contributed by atoms with van der Waals surface area (Å²) in [6.45, 7) is 6.56. The SMILES string of the molecule is CCCCC[C@@H](/C=C/[C@@H]1C(Cc2cccc(C)c2)C(=O)C[C@H]1C)OP(P)P. The molecule has 0 N–H and O–H groups in total. The lowest BCUT2D eigenvalue weighted by atomic mass is 9.85. The van der Waals surface area contributed by atoms with Crippen molar-refractivity contribution in [1.29, 1.82) is 0 Å².